The first-order chi connectivity index (χ1) is 6.72. The van der Waals surface area contributed by atoms with Crippen molar-refractivity contribution in [2.24, 2.45) is 5.73 Å². The summed E-state index contributed by atoms with van der Waals surface area (Å²) in [7, 11) is 0. The second-order valence-corrected chi connectivity index (χ2v) is 4.37. The Balaban J connectivity index is 2.18. The first-order valence-corrected chi connectivity index (χ1v) is 6.02. The summed E-state index contributed by atoms with van der Waals surface area (Å²) in [6, 6.07) is 0.274. The molecular weight excluding hydrogens is 198 g/mol. The van der Waals surface area contributed by atoms with E-state index in [9.17, 15) is 0 Å². The average molecular weight is 215 g/mol. The minimum atomic E-state index is 0.274. The summed E-state index contributed by atoms with van der Waals surface area (Å²) < 4.78 is 5.37. The van der Waals surface area contributed by atoms with Crippen LogP contribution in [0.15, 0.2) is 4.42 Å². The summed E-state index contributed by atoms with van der Waals surface area (Å²) in [5.74, 6) is 3.27. The molecule has 1 atom stereocenters. The standard InChI is InChI=1S/C9H17N3OS/c1-3-8-11-12-9(13-8)6-14-5-4-7(2)10/h7H,3-6,10H2,1-2H3. The molecule has 1 aromatic heterocycles. The van der Waals surface area contributed by atoms with Crippen LogP contribution in [0.3, 0.4) is 0 Å². The molecule has 4 nitrogen and oxygen atoms in total. The maximum Gasteiger partial charge on any atom is 0.226 e. The van der Waals surface area contributed by atoms with Crippen molar-refractivity contribution in [3.63, 3.8) is 0 Å². The molecule has 0 aliphatic carbocycles. The lowest BCUT2D eigenvalue weighted by atomic mass is 10.3. The van der Waals surface area contributed by atoms with Crippen LogP contribution in [0, 0.1) is 0 Å². The number of nitrogens with zero attached hydrogens (tertiary/aromatic N) is 2. The van der Waals surface area contributed by atoms with Crippen molar-refractivity contribution in [3.05, 3.63) is 11.8 Å². The molecule has 0 fully saturated rings. The van der Waals surface area contributed by atoms with Crippen LogP contribution >= 0.6 is 11.8 Å². The summed E-state index contributed by atoms with van der Waals surface area (Å²) in [4.78, 5) is 0. The quantitative estimate of drug-likeness (QED) is 0.730. The Morgan fingerprint density at radius 1 is 1.43 bits per heavy atom. The SMILES string of the molecule is CCc1nnc(CSCCC(C)N)o1. The minimum Gasteiger partial charge on any atom is -0.424 e. The highest BCUT2D eigenvalue weighted by Gasteiger charge is 2.03. The fourth-order valence-corrected chi connectivity index (χ4v) is 1.89. The van der Waals surface area contributed by atoms with Crippen LogP contribution in [0.25, 0.3) is 0 Å². The number of hydrogen-bond acceptors (Lipinski definition) is 5. The Labute approximate surface area is 88.7 Å². The monoisotopic (exact) mass is 215 g/mol. The zero-order valence-electron chi connectivity index (χ0n) is 8.69. The van der Waals surface area contributed by atoms with Gasteiger partial charge in [-0.1, -0.05) is 6.92 Å². The molecule has 0 saturated carbocycles. The van der Waals surface area contributed by atoms with Gasteiger partial charge >= 0.3 is 0 Å². The van der Waals surface area contributed by atoms with Gasteiger partial charge in [-0.25, -0.2) is 0 Å². The van der Waals surface area contributed by atoms with E-state index in [-0.39, 0.29) is 6.04 Å². The Hall–Kier alpha value is -0.550. The van der Waals surface area contributed by atoms with E-state index in [1.807, 2.05) is 13.8 Å². The zero-order chi connectivity index (χ0) is 10.4. The molecule has 0 amide bonds. The van der Waals surface area contributed by atoms with Gasteiger partial charge in [0.05, 0.1) is 5.75 Å². The fourth-order valence-electron chi connectivity index (χ4n) is 0.918. The summed E-state index contributed by atoms with van der Waals surface area (Å²) in [5.41, 5.74) is 5.63. The fraction of sp³-hybridized carbons (Fsp3) is 0.778. The van der Waals surface area contributed by atoms with Gasteiger partial charge in [0, 0.05) is 12.5 Å². The Kier molecular flexibility index (Phi) is 4.97. The van der Waals surface area contributed by atoms with Gasteiger partial charge in [-0.3, -0.25) is 0 Å². The second-order valence-electron chi connectivity index (χ2n) is 3.26. The van der Waals surface area contributed by atoms with Crippen molar-refractivity contribution in [1.29, 1.82) is 0 Å². The molecule has 1 unspecified atom stereocenters. The summed E-state index contributed by atoms with van der Waals surface area (Å²) in [6.45, 7) is 4.02. The Morgan fingerprint density at radius 3 is 2.71 bits per heavy atom. The largest absolute Gasteiger partial charge is 0.424 e. The molecule has 0 aromatic carbocycles. The number of hydrogen-bond donors (Lipinski definition) is 1. The third kappa shape index (κ3) is 4.11. The van der Waals surface area contributed by atoms with Gasteiger partial charge in [-0.15, -0.1) is 10.2 Å². The molecule has 0 aliphatic heterocycles. The number of nitrogens with two attached hydrogens (primary N) is 1. The van der Waals surface area contributed by atoms with Crippen LogP contribution in [0.1, 0.15) is 32.0 Å². The van der Waals surface area contributed by atoms with Gasteiger partial charge in [0.1, 0.15) is 0 Å². The molecule has 0 saturated heterocycles. The van der Waals surface area contributed by atoms with Gasteiger partial charge in [-0.05, 0) is 19.1 Å². The molecule has 2 N–H and O–H groups in total. The van der Waals surface area contributed by atoms with Crippen LogP contribution in [0.5, 0.6) is 0 Å². The number of thioether (sulfide) groups is 1. The van der Waals surface area contributed by atoms with Crippen molar-refractivity contribution in [3.8, 4) is 0 Å². The van der Waals surface area contributed by atoms with Crippen LogP contribution in [0.2, 0.25) is 0 Å². The number of rotatable bonds is 6. The highest BCUT2D eigenvalue weighted by molar-refractivity contribution is 7.98. The molecule has 1 rings (SSSR count). The number of aryl methyl sites for hydroxylation is 1. The predicted octanol–water partition coefficient (Wildman–Crippen LogP) is 1.60. The van der Waals surface area contributed by atoms with Gasteiger partial charge in [0.25, 0.3) is 0 Å². The maximum atomic E-state index is 5.63. The topological polar surface area (TPSA) is 64.9 Å². The molecule has 0 spiro atoms. The summed E-state index contributed by atoms with van der Waals surface area (Å²) in [5, 5.41) is 7.83. The normalized spacial score (nSPS) is 13.1. The molecular formula is C9H17N3OS. The number of aromatic nitrogens is 2. The van der Waals surface area contributed by atoms with Gasteiger partial charge < -0.3 is 10.2 Å². The van der Waals surface area contributed by atoms with E-state index in [4.69, 9.17) is 10.2 Å². The molecule has 1 aromatic rings. The van der Waals surface area contributed by atoms with Crippen molar-refractivity contribution >= 4 is 11.8 Å². The lowest BCUT2D eigenvalue weighted by Crippen LogP contribution is -2.15. The molecule has 0 radical (unpaired) electrons. The average Bonchev–Trinajstić information content (AvgIpc) is 2.60. The van der Waals surface area contributed by atoms with Crippen LogP contribution in [0.4, 0.5) is 0 Å². The van der Waals surface area contributed by atoms with E-state index >= 15 is 0 Å². The molecule has 14 heavy (non-hydrogen) atoms. The van der Waals surface area contributed by atoms with Gasteiger partial charge in [-0.2, -0.15) is 11.8 Å². The lowest BCUT2D eigenvalue weighted by molar-refractivity contribution is 0.470. The Morgan fingerprint density at radius 2 is 2.14 bits per heavy atom. The lowest BCUT2D eigenvalue weighted by Gasteiger charge is -2.02. The first-order valence-electron chi connectivity index (χ1n) is 4.87. The van der Waals surface area contributed by atoms with Gasteiger partial charge in [0.2, 0.25) is 11.8 Å². The maximum absolute atomic E-state index is 5.63. The molecule has 0 aliphatic rings. The van der Waals surface area contributed by atoms with Crippen molar-refractivity contribution in [2.45, 2.75) is 38.5 Å². The van der Waals surface area contributed by atoms with E-state index in [2.05, 4.69) is 10.2 Å². The molecule has 80 valence electrons. The smallest absolute Gasteiger partial charge is 0.226 e. The van der Waals surface area contributed by atoms with Crippen LogP contribution < -0.4 is 5.73 Å². The third-order valence-corrected chi connectivity index (χ3v) is 2.73. The van der Waals surface area contributed by atoms with E-state index < -0.39 is 0 Å². The first kappa shape index (κ1) is 11.5. The predicted molar refractivity (Wildman–Crippen MR) is 58.1 cm³/mol. The summed E-state index contributed by atoms with van der Waals surface area (Å²) in [6.07, 6.45) is 1.83. The van der Waals surface area contributed by atoms with Crippen molar-refractivity contribution in [2.75, 3.05) is 5.75 Å². The molecule has 0 bridgehead atoms. The van der Waals surface area contributed by atoms with E-state index in [0.717, 1.165) is 30.2 Å². The minimum absolute atomic E-state index is 0.274. The highest BCUT2D eigenvalue weighted by atomic mass is 32.2. The van der Waals surface area contributed by atoms with E-state index in [1.165, 1.54) is 0 Å². The summed E-state index contributed by atoms with van der Waals surface area (Å²) >= 11 is 1.78. The van der Waals surface area contributed by atoms with Crippen molar-refractivity contribution < 1.29 is 4.42 Å². The zero-order valence-corrected chi connectivity index (χ0v) is 9.51. The van der Waals surface area contributed by atoms with E-state index in [0.29, 0.717) is 5.89 Å². The van der Waals surface area contributed by atoms with E-state index in [1.54, 1.807) is 11.8 Å². The highest BCUT2D eigenvalue weighted by Crippen LogP contribution is 2.12. The molecule has 5 heteroatoms. The third-order valence-electron chi connectivity index (χ3n) is 1.75. The van der Waals surface area contributed by atoms with Gasteiger partial charge in [0.15, 0.2) is 0 Å². The van der Waals surface area contributed by atoms with Crippen molar-refractivity contribution in [1.82, 2.24) is 10.2 Å². The van der Waals surface area contributed by atoms with Crippen LogP contribution in [-0.4, -0.2) is 22.0 Å². The molecule has 1 heterocycles. The second kappa shape index (κ2) is 6.03. The Bertz CT molecular complexity index is 262. The van der Waals surface area contributed by atoms with Crippen LogP contribution in [-0.2, 0) is 12.2 Å².